The highest BCUT2D eigenvalue weighted by Crippen LogP contribution is 2.27. The van der Waals surface area contributed by atoms with E-state index >= 15 is 0 Å². The first-order valence-corrected chi connectivity index (χ1v) is 7.65. The number of pyridine rings is 1. The van der Waals surface area contributed by atoms with E-state index in [2.05, 4.69) is 22.2 Å². The number of fused-ring (bicyclic) bond motifs is 1. The SMILES string of the molecule is c1cc(-c2ccnc(CC3CCCC3)n2)n2nccc2c1. The number of hydrogen-bond donors (Lipinski definition) is 0. The van der Waals surface area contributed by atoms with Crippen LogP contribution in [0.1, 0.15) is 31.5 Å². The third kappa shape index (κ3) is 2.42. The fraction of sp³-hybridized carbons (Fsp3) is 0.353. The van der Waals surface area contributed by atoms with Gasteiger partial charge in [-0.3, -0.25) is 0 Å². The molecule has 0 atom stereocenters. The van der Waals surface area contributed by atoms with Gasteiger partial charge in [0.1, 0.15) is 5.82 Å². The normalized spacial score (nSPS) is 15.8. The Labute approximate surface area is 123 Å². The van der Waals surface area contributed by atoms with Crippen molar-refractivity contribution in [1.82, 2.24) is 19.6 Å². The molecule has 0 aromatic carbocycles. The van der Waals surface area contributed by atoms with Crippen molar-refractivity contribution in [2.75, 3.05) is 0 Å². The van der Waals surface area contributed by atoms with Crippen molar-refractivity contribution < 1.29 is 0 Å². The Morgan fingerprint density at radius 2 is 1.95 bits per heavy atom. The Balaban J connectivity index is 1.70. The van der Waals surface area contributed by atoms with Crippen LogP contribution >= 0.6 is 0 Å². The highest BCUT2D eigenvalue weighted by Gasteiger charge is 2.17. The predicted octanol–water partition coefficient (Wildman–Crippen LogP) is 3.52. The molecule has 4 rings (SSSR count). The topological polar surface area (TPSA) is 43.1 Å². The molecule has 0 N–H and O–H groups in total. The van der Waals surface area contributed by atoms with Gasteiger partial charge in [0, 0.05) is 12.6 Å². The van der Waals surface area contributed by atoms with E-state index in [1.54, 1.807) is 0 Å². The Bertz CT molecular complexity index is 756. The number of rotatable bonds is 3. The zero-order valence-electron chi connectivity index (χ0n) is 11.9. The summed E-state index contributed by atoms with van der Waals surface area (Å²) in [6.45, 7) is 0. The quantitative estimate of drug-likeness (QED) is 0.736. The zero-order chi connectivity index (χ0) is 14.1. The van der Waals surface area contributed by atoms with E-state index in [1.807, 2.05) is 35.1 Å². The molecule has 106 valence electrons. The average molecular weight is 278 g/mol. The molecule has 3 heterocycles. The Morgan fingerprint density at radius 1 is 1.05 bits per heavy atom. The lowest BCUT2D eigenvalue weighted by Crippen LogP contribution is -2.05. The van der Waals surface area contributed by atoms with Crippen molar-refractivity contribution >= 4 is 5.52 Å². The molecule has 4 nitrogen and oxygen atoms in total. The van der Waals surface area contributed by atoms with Crippen molar-refractivity contribution in [3.05, 3.63) is 48.5 Å². The van der Waals surface area contributed by atoms with Crippen molar-refractivity contribution in [1.29, 1.82) is 0 Å². The number of hydrogen-bond acceptors (Lipinski definition) is 3. The van der Waals surface area contributed by atoms with Crippen LogP contribution in [0.5, 0.6) is 0 Å². The van der Waals surface area contributed by atoms with Gasteiger partial charge in [-0.15, -0.1) is 0 Å². The third-order valence-corrected chi connectivity index (χ3v) is 4.34. The first-order valence-electron chi connectivity index (χ1n) is 7.65. The summed E-state index contributed by atoms with van der Waals surface area (Å²) >= 11 is 0. The van der Waals surface area contributed by atoms with Crippen molar-refractivity contribution in [3.63, 3.8) is 0 Å². The van der Waals surface area contributed by atoms with Gasteiger partial charge in [-0.1, -0.05) is 31.7 Å². The molecule has 0 unspecified atom stereocenters. The molecule has 0 saturated heterocycles. The standard InChI is InChI=1S/C17H18N4/c1-2-5-13(4-1)12-17-18-10-9-15(20-17)16-7-3-6-14-8-11-19-21(14)16/h3,6-11,13H,1-2,4-5,12H2. The molecule has 1 aliphatic carbocycles. The molecule has 0 spiro atoms. The van der Waals surface area contributed by atoms with Gasteiger partial charge >= 0.3 is 0 Å². The van der Waals surface area contributed by atoms with Gasteiger partial charge in [-0.05, 0) is 30.2 Å². The second-order valence-corrected chi connectivity index (χ2v) is 5.79. The molecule has 0 bridgehead atoms. The van der Waals surface area contributed by atoms with Crippen LogP contribution in [0, 0.1) is 5.92 Å². The summed E-state index contributed by atoms with van der Waals surface area (Å²) in [6.07, 6.45) is 10.1. The summed E-state index contributed by atoms with van der Waals surface area (Å²) in [5.41, 5.74) is 3.06. The summed E-state index contributed by atoms with van der Waals surface area (Å²) < 4.78 is 1.93. The second-order valence-electron chi connectivity index (χ2n) is 5.79. The molecular formula is C17H18N4. The summed E-state index contributed by atoms with van der Waals surface area (Å²) in [6, 6.07) is 10.1. The van der Waals surface area contributed by atoms with E-state index in [9.17, 15) is 0 Å². The van der Waals surface area contributed by atoms with E-state index < -0.39 is 0 Å². The minimum absolute atomic E-state index is 0.765. The van der Waals surface area contributed by atoms with Gasteiger partial charge in [-0.2, -0.15) is 5.10 Å². The summed E-state index contributed by atoms with van der Waals surface area (Å²) in [5, 5.41) is 4.38. The van der Waals surface area contributed by atoms with Crippen molar-refractivity contribution in [2.45, 2.75) is 32.1 Å². The molecule has 3 aromatic heterocycles. The largest absolute Gasteiger partial charge is 0.241 e. The Morgan fingerprint density at radius 3 is 2.86 bits per heavy atom. The van der Waals surface area contributed by atoms with E-state index in [1.165, 1.54) is 25.7 Å². The van der Waals surface area contributed by atoms with Crippen LogP contribution in [0.25, 0.3) is 16.9 Å². The van der Waals surface area contributed by atoms with Crippen LogP contribution in [0.3, 0.4) is 0 Å². The van der Waals surface area contributed by atoms with Crippen LogP contribution in [0.15, 0.2) is 42.7 Å². The Hall–Kier alpha value is -2.23. The summed E-state index contributed by atoms with van der Waals surface area (Å²) in [5.74, 6) is 1.73. The molecule has 21 heavy (non-hydrogen) atoms. The van der Waals surface area contributed by atoms with Gasteiger partial charge in [0.25, 0.3) is 0 Å². The molecule has 0 aliphatic heterocycles. The van der Waals surface area contributed by atoms with Crippen LogP contribution in [0.4, 0.5) is 0 Å². The van der Waals surface area contributed by atoms with Crippen molar-refractivity contribution in [2.24, 2.45) is 5.92 Å². The van der Waals surface area contributed by atoms with Crippen molar-refractivity contribution in [3.8, 4) is 11.4 Å². The maximum atomic E-state index is 4.76. The molecule has 4 heteroatoms. The van der Waals surface area contributed by atoms with E-state index in [0.717, 1.165) is 35.1 Å². The molecular weight excluding hydrogens is 260 g/mol. The maximum Gasteiger partial charge on any atom is 0.129 e. The average Bonchev–Trinajstić information content (AvgIpc) is 3.18. The fourth-order valence-corrected chi connectivity index (χ4v) is 3.26. The lowest BCUT2D eigenvalue weighted by Gasteiger charge is -2.09. The number of aromatic nitrogens is 4. The summed E-state index contributed by atoms with van der Waals surface area (Å²) in [7, 11) is 0. The minimum Gasteiger partial charge on any atom is -0.241 e. The van der Waals surface area contributed by atoms with Crippen LogP contribution in [0.2, 0.25) is 0 Å². The molecule has 1 saturated carbocycles. The minimum atomic E-state index is 0.765. The van der Waals surface area contributed by atoms with Gasteiger partial charge in [0.2, 0.25) is 0 Å². The van der Waals surface area contributed by atoms with Crippen LogP contribution < -0.4 is 0 Å². The molecule has 1 fully saturated rings. The van der Waals surface area contributed by atoms with Gasteiger partial charge in [-0.25, -0.2) is 14.5 Å². The first kappa shape index (κ1) is 12.5. The fourth-order valence-electron chi connectivity index (χ4n) is 3.26. The predicted molar refractivity (Wildman–Crippen MR) is 81.9 cm³/mol. The molecule has 1 aliphatic rings. The molecule has 0 amide bonds. The highest BCUT2D eigenvalue weighted by molar-refractivity contribution is 5.60. The second kappa shape index (κ2) is 5.28. The molecule has 0 radical (unpaired) electrons. The van der Waals surface area contributed by atoms with Gasteiger partial charge in [0.05, 0.1) is 23.1 Å². The lowest BCUT2D eigenvalue weighted by atomic mass is 10.0. The lowest BCUT2D eigenvalue weighted by molar-refractivity contribution is 0.530. The smallest absolute Gasteiger partial charge is 0.129 e. The summed E-state index contributed by atoms with van der Waals surface area (Å²) in [4.78, 5) is 9.22. The maximum absolute atomic E-state index is 4.76. The third-order valence-electron chi connectivity index (χ3n) is 4.34. The van der Waals surface area contributed by atoms with Crippen LogP contribution in [-0.4, -0.2) is 19.6 Å². The van der Waals surface area contributed by atoms with E-state index in [4.69, 9.17) is 4.98 Å². The van der Waals surface area contributed by atoms with Crippen LogP contribution in [-0.2, 0) is 6.42 Å². The Kier molecular flexibility index (Phi) is 3.14. The van der Waals surface area contributed by atoms with Gasteiger partial charge < -0.3 is 0 Å². The highest BCUT2D eigenvalue weighted by atomic mass is 15.2. The number of nitrogens with zero attached hydrogens (tertiary/aromatic N) is 4. The van der Waals surface area contributed by atoms with E-state index in [0.29, 0.717) is 0 Å². The van der Waals surface area contributed by atoms with Gasteiger partial charge in [0.15, 0.2) is 0 Å². The first-order chi connectivity index (χ1) is 10.4. The monoisotopic (exact) mass is 278 g/mol. The zero-order valence-corrected chi connectivity index (χ0v) is 11.9. The van der Waals surface area contributed by atoms with E-state index in [-0.39, 0.29) is 0 Å². The molecule has 3 aromatic rings.